The van der Waals surface area contributed by atoms with E-state index in [9.17, 15) is 9.18 Å². The number of aryl methyl sites for hydroxylation is 2. The Kier molecular flexibility index (Phi) is 27.2. The molecule has 3 aromatic heterocycles. The summed E-state index contributed by atoms with van der Waals surface area (Å²) in [7, 11) is 7.72. The Morgan fingerprint density at radius 3 is 2.36 bits per heavy atom. The largest absolute Gasteiger partial charge is 0.461 e. The highest BCUT2D eigenvalue weighted by Crippen LogP contribution is 2.45. The summed E-state index contributed by atoms with van der Waals surface area (Å²) in [5, 5.41) is 6.01. The molecule has 0 saturated carbocycles. The molecule has 1 N–H and O–H groups in total. The van der Waals surface area contributed by atoms with Gasteiger partial charge in [0.05, 0.1) is 51.6 Å². The number of pyridine rings is 1. The number of terminal acetylenes is 1. The summed E-state index contributed by atoms with van der Waals surface area (Å²) in [6, 6.07) is 16.8. The van der Waals surface area contributed by atoms with Crippen LogP contribution in [0.4, 0.5) is 15.9 Å². The van der Waals surface area contributed by atoms with Crippen molar-refractivity contribution in [3.8, 4) is 29.6 Å². The first-order valence-corrected chi connectivity index (χ1v) is 33.9. The van der Waals surface area contributed by atoms with E-state index in [1.165, 1.54) is 72.1 Å². The van der Waals surface area contributed by atoms with E-state index in [-0.39, 0.29) is 29.7 Å². The van der Waals surface area contributed by atoms with E-state index in [1.54, 1.807) is 20.2 Å². The molecule has 0 aliphatic carbocycles. The number of anilines is 2. The first kappa shape index (κ1) is 72.2. The summed E-state index contributed by atoms with van der Waals surface area (Å²) >= 11 is 0. The maximum Gasteiger partial charge on any atom is 0.319 e. The summed E-state index contributed by atoms with van der Waals surface area (Å²) in [6.45, 7) is 32.0. The number of fused-ring (bicyclic) bond motifs is 4. The molecule has 4 aliphatic rings. The number of carbonyl (C=O) groups is 3. The lowest BCUT2D eigenvalue weighted by Crippen LogP contribution is -2.47. The van der Waals surface area contributed by atoms with Crippen LogP contribution in [0.2, 0.25) is 0 Å². The van der Waals surface area contributed by atoms with Gasteiger partial charge in [-0.2, -0.15) is 9.97 Å². The fourth-order valence-corrected chi connectivity index (χ4v) is 14.4. The Balaban J connectivity index is 0.000000242. The first-order chi connectivity index (χ1) is 44.4. The zero-order valence-corrected chi connectivity index (χ0v) is 57.6. The van der Waals surface area contributed by atoms with Gasteiger partial charge in [0, 0.05) is 107 Å². The Hall–Kier alpha value is -7.19. The predicted octanol–water partition coefficient (Wildman–Crippen LogP) is 14.4. The lowest BCUT2D eigenvalue weighted by molar-refractivity contribution is -0.139. The van der Waals surface area contributed by atoms with Gasteiger partial charge in [-0.15, -0.1) is 13.0 Å². The monoisotopic (exact) mass is 1260 g/mol. The van der Waals surface area contributed by atoms with Gasteiger partial charge in [-0.25, -0.2) is 4.39 Å². The zero-order valence-electron chi connectivity index (χ0n) is 57.6. The van der Waals surface area contributed by atoms with Crippen LogP contribution >= 0.6 is 0 Å². The van der Waals surface area contributed by atoms with Gasteiger partial charge in [0.1, 0.15) is 31.1 Å². The number of amides is 2. The van der Waals surface area contributed by atoms with Gasteiger partial charge >= 0.3 is 6.01 Å². The van der Waals surface area contributed by atoms with Crippen molar-refractivity contribution in [3.05, 3.63) is 108 Å². The number of piperidine rings is 1. The van der Waals surface area contributed by atoms with E-state index in [4.69, 9.17) is 45.2 Å². The van der Waals surface area contributed by atoms with Crippen LogP contribution in [0, 0.1) is 42.8 Å². The SMILES string of the molecule is C#Cc1c(F)ccc2cccc(-c3ncc4c(N5CC(C)CCC(C)C5)nc(OC[C@@]56CC[C@@H](COC)N5CC(=C)C6)nc4c3C)c12.C=CCCN(C)c1c(CC)n(C)c2cc(C3CCN(C(=O)COC(CCC)CCC(C)CC)CC3)ccc12.CC=O.CNC=O. The van der Waals surface area contributed by atoms with Crippen molar-refractivity contribution in [1.82, 2.24) is 34.6 Å². The van der Waals surface area contributed by atoms with E-state index in [0.29, 0.717) is 60.5 Å². The second-order valence-corrected chi connectivity index (χ2v) is 26.3. The molecule has 3 aromatic carbocycles. The van der Waals surface area contributed by atoms with E-state index in [2.05, 4.69) is 117 Å². The van der Waals surface area contributed by atoms with Crippen LogP contribution in [0.5, 0.6) is 6.01 Å². The van der Waals surface area contributed by atoms with Crippen molar-refractivity contribution in [2.45, 2.75) is 169 Å². The summed E-state index contributed by atoms with van der Waals surface area (Å²) in [4.78, 5) is 55.4. The number of rotatable bonds is 23. The topological polar surface area (TPSA) is 147 Å². The van der Waals surface area contributed by atoms with E-state index < -0.39 is 5.82 Å². The van der Waals surface area contributed by atoms with Crippen molar-refractivity contribution >= 4 is 62.7 Å². The average molecular weight is 1260 g/mol. The number of nitrogens with zero attached hydrogens (tertiary/aromatic N) is 8. The molecule has 15 nitrogen and oxygen atoms in total. The van der Waals surface area contributed by atoms with Crippen LogP contribution in [0.3, 0.4) is 0 Å². The molecule has 6 aromatic rings. The third-order valence-corrected chi connectivity index (χ3v) is 19.5. The highest BCUT2D eigenvalue weighted by Gasteiger charge is 2.51. The fourth-order valence-electron chi connectivity index (χ4n) is 14.4. The Labute approximate surface area is 548 Å². The number of nitrogens with one attached hydrogen (secondary N) is 1. The Morgan fingerprint density at radius 1 is 1.00 bits per heavy atom. The van der Waals surface area contributed by atoms with Crippen LogP contribution < -0.4 is 19.9 Å². The molecule has 4 saturated heterocycles. The molecule has 4 aliphatic heterocycles. The fraction of sp³-hybridized carbons (Fsp3) is 0.553. The smallest absolute Gasteiger partial charge is 0.319 e. The van der Waals surface area contributed by atoms with Gasteiger partial charge in [0.25, 0.3) is 0 Å². The number of hydrogen-bond donors (Lipinski definition) is 1. The van der Waals surface area contributed by atoms with Gasteiger partial charge < -0.3 is 43.6 Å². The normalized spacial score (nSPS) is 19.7. The molecule has 16 heteroatoms. The molecule has 4 unspecified atom stereocenters. The van der Waals surface area contributed by atoms with Crippen molar-refractivity contribution < 1.29 is 33.0 Å². The number of methoxy groups -OCH3 is 1. The van der Waals surface area contributed by atoms with E-state index in [1.807, 2.05) is 42.3 Å². The number of benzene rings is 3. The third-order valence-electron chi connectivity index (χ3n) is 19.5. The molecule has 10 rings (SSSR count). The molecule has 498 valence electrons. The molecule has 7 heterocycles. The summed E-state index contributed by atoms with van der Waals surface area (Å²) in [6.07, 6.45) is 26.2. The molecule has 4 fully saturated rings. The van der Waals surface area contributed by atoms with E-state index >= 15 is 0 Å². The maximum absolute atomic E-state index is 15.0. The number of halogens is 1. The van der Waals surface area contributed by atoms with Gasteiger partial charge in [0.2, 0.25) is 12.3 Å². The molecule has 92 heavy (non-hydrogen) atoms. The van der Waals surface area contributed by atoms with Crippen LogP contribution in [0.25, 0.3) is 43.8 Å². The van der Waals surface area contributed by atoms with Crippen molar-refractivity contribution in [3.63, 3.8) is 0 Å². The van der Waals surface area contributed by atoms with Crippen LogP contribution in [0.1, 0.15) is 160 Å². The Bertz CT molecular complexity index is 3490. The summed E-state index contributed by atoms with van der Waals surface area (Å²) in [5.41, 5.74) is 9.93. The molecule has 0 radical (unpaired) electrons. The van der Waals surface area contributed by atoms with Gasteiger partial charge in [-0.1, -0.05) is 115 Å². The molecular formula is C76H106FN9O6. The Morgan fingerprint density at radius 2 is 1.72 bits per heavy atom. The van der Waals surface area contributed by atoms with Crippen molar-refractivity contribution in [2.75, 3.05) is 90.1 Å². The standard InChI is InChI=1S/C39H44FN5O2.C33H53N3O2.C2H5NO.C2H4O/c1-7-30-33(40)14-13-28-9-8-10-31(34(28)30)35-27(5)36-32(18-41-35)37(44-19-24(2)11-12-25(3)20-44)43-38(42-36)47-23-39-16-15-29(22-46-6)45(39)21-26(4)17-39;1-8-12-20-34(6)33-29-17-15-27(23-31(29)35(7)30(33)11-4)26-18-21-36(22-19-26)32(37)24-38-28(13-9-2)16-14-25(5)10-3;1-3-2-4;1-2-3/h1,8-10,13-14,18,24-25,29H,4,11-12,15-17,19-23H2,2-3,5-6H3;8,15,17,23,25-26,28H,1,9-14,16,18-22,24H2,2-7H3;2H,1H3,(H,3,4);2H,1H3/t24?,25?,29-,39-;;;/m0.../s1. The average Bonchev–Trinajstić information content (AvgIpc) is 1.24. The number of ether oxygens (including phenoxy) is 3. The third kappa shape index (κ3) is 17.3. The van der Waals surface area contributed by atoms with Gasteiger partial charge in [-0.3, -0.25) is 19.5 Å². The molecule has 0 spiro atoms. The van der Waals surface area contributed by atoms with Gasteiger partial charge in [0.15, 0.2) is 0 Å². The molecule has 2 amide bonds. The summed E-state index contributed by atoms with van der Waals surface area (Å²) in [5.74, 6) is 5.46. The van der Waals surface area contributed by atoms with Crippen molar-refractivity contribution in [1.29, 1.82) is 0 Å². The number of carbonyl (C=O) groups excluding carboxylic acids is 3. The van der Waals surface area contributed by atoms with Crippen molar-refractivity contribution in [2.24, 2.45) is 24.8 Å². The maximum atomic E-state index is 15.0. The second-order valence-electron chi connectivity index (χ2n) is 26.3. The highest BCUT2D eigenvalue weighted by molar-refractivity contribution is 6.03. The number of likely N-dealkylation sites (tertiary alicyclic amines) is 1. The lowest BCUT2D eigenvalue weighted by Gasteiger charge is -2.34. The zero-order chi connectivity index (χ0) is 66.6. The number of aldehydes is 1. The van der Waals surface area contributed by atoms with E-state index in [0.717, 1.165) is 149 Å². The number of hydrogen-bond acceptors (Lipinski definition) is 12. The van der Waals surface area contributed by atoms with Crippen LogP contribution in [0.15, 0.2) is 79.5 Å². The second kappa shape index (κ2) is 34.6. The molecule has 6 atom stereocenters. The minimum atomic E-state index is -0.418. The lowest BCUT2D eigenvalue weighted by atomic mass is 9.89. The molecule has 0 bridgehead atoms. The quantitative estimate of drug-likeness (QED) is 0.0370. The van der Waals surface area contributed by atoms with Crippen LogP contribution in [-0.4, -0.2) is 146 Å². The van der Waals surface area contributed by atoms with Crippen LogP contribution in [-0.2, 0) is 37.3 Å². The highest BCUT2D eigenvalue weighted by atomic mass is 19.1. The minimum absolute atomic E-state index is 0.137. The summed E-state index contributed by atoms with van der Waals surface area (Å²) < 4.78 is 35.7. The molecular weight excluding hydrogens is 1150 g/mol. The first-order valence-electron chi connectivity index (χ1n) is 33.9. The minimum Gasteiger partial charge on any atom is -0.461 e. The number of aromatic nitrogens is 4. The predicted molar refractivity (Wildman–Crippen MR) is 375 cm³/mol. The van der Waals surface area contributed by atoms with Gasteiger partial charge in [-0.05, 0) is 138 Å².